The second-order valence-electron chi connectivity index (χ2n) is 3.38. The molecule has 2 aromatic rings. The third-order valence-electron chi connectivity index (χ3n) is 2.32. The van der Waals surface area contributed by atoms with Crippen molar-refractivity contribution in [2.75, 3.05) is 0 Å². The Bertz CT molecular complexity index is 549. The summed E-state index contributed by atoms with van der Waals surface area (Å²) in [5.74, 6) is -2.19. The van der Waals surface area contributed by atoms with Crippen molar-refractivity contribution in [1.82, 2.24) is 10.2 Å². The first-order valence-electron chi connectivity index (χ1n) is 4.64. The molecule has 0 saturated carbocycles. The molecule has 0 bridgehead atoms. The average Bonchev–Trinajstić information content (AvgIpc) is 2.61. The summed E-state index contributed by atoms with van der Waals surface area (Å²) in [6, 6.07) is 7.07. The van der Waals surface area contributed by atoms with Crippen molar-refractivity contribution in [3.63, 3.8) is 0 Å². The summed E-state index contributed by atoms with van der Waals surface area (Å²) in [5.41, 5.74) is 0.947. The molecule has 2 N–H and O–H groups in total. The molecule has 0 radical (unpaired) electrons. The van der Waals surface area contributed by atoms with E-state index in [4.69, 9.17) is 5.11 Å². The van der Waals surface area contributed by atoms with Gasteiger partial charge in [0.2, 0.25) is 0 Å². The molecule has 0 aliphatic heterocycles. The number of halogens is 1. The van der Waals surface area contributed by atoms with Crippen LogP contribution in [0.15, 0.2) is 24.3 Å². The van der Waals surface area contributed by atoms with Crippen LogP contribution in [0.3, 0.4) is 0 Å². The Labute approximate surface area is 90.7 Å². The lowest BCUT2D eigenvalue weighted by molar-refractivity contribution is 0.0685. The zero-order chi connectivity index (χ0) is 11.7. The van der Waals surface area contributed by atoms with E-state index in [1.54, 1.807) is 12.1 Å². The van der Waals surface area contributed by atoms with E-state index in [2.05, 4.69) is 10.2 Å². The standard InChI is InChI=1S/C11H9FN2O2/c1-6-4-2-3-5-7(6)9-8(12)10(11(15)16)14-13-9/h2-5H,1H3,(H,13,14)(H,15,16). The molecule has 0 fully saturated rings. The van der Waals surface area contributed by atoms with Crippen LogP contribution in [0, 0.1) is 12.7 Å². The van der Waals surface area contributed by atoms with Crippen molar-refractivity contribution in [3.05, 3.63) is 41.3 Å². The van der Waals surface area contributed by atoms with Gasteiger partial charge in [0.25, 0.3) is 0 Å². The largest absolute Gasteiger partial charge is 0.476 e. The number of rotatable bonds is 2. The van der Waals surface area contributed by atoms with Gasteiger partial charge in [-0.05, 0) is 12.5 Å². The summed E-state index contributed by atoms with van der Waals surface area (Å²) in [6.45, 7) is 1.81. The molecule has 82 valence electrons. The molecule has 1 aromatic carbocycles. The number of benzene rings is 1. The third kappa shape index (κ3) is 1.56. The number of H-pyrrole nitrogens is 1. The summed E-state index contributed by atoms with van der Waals surface area (Å²) in [4.78, 5) is 10.6. The second kappa shape index (κ2) is 3.77. The molecule has 0 saturated heterocycles. The molecule has 0 aliphatic carbocycles. The van der Waals surface area contributed by atoms with Crippen molar-refractivity contribution >= 4 is 5.97 Å². The number of aromatic carboxylic acids is 1. The summed E-state index contributed by atoms with van der Waals surface area (Å²) in [6.07, 6.45) is 0. The van der Waals surface area contributed by atoms with Crippen molar-refractivity contribution in [3.8, 4) is 11.3 Å². The van der Waals surface area contributed by atoms with Crippen LogP contribution in [0.2, 0.25) is 0 Å². The first-order valence-corrected chi connectivity index (χ1v) is 4.64. The lowest BCUT2D eigenvalue weighted by Gasteiger charge is -2.00. The molecule has 1 aromatic heterocycles. The van der Waals surface area contributed by atoms with Gasteiger partial charge in [-0.3, -0.25) is 5.10 Å². The van der Waals surface area contributed by atoms with Crippen LogP contribution in [0.25, 0.3) is 11.3 Å². The van der Waals surface area contributed by atoms with Gasteiger partial charge >= 0.3 is 5.97 Å². The Balaban J connectivity index is 2.58. The molecule has 2 rings (SSSR count). The van der Waals surface area contributed by atoms with Gasteiger partial charge in [-0.2, -0.15) is 5.10 Å². The number of nitrogens with one attached hydrogen (secondary N) is 1. The zero-order valence-corrected chi connectivity index (χ0v) is 8.49. The van der Waals surface area contributed by atoms with Crippen molar-refractivity contribution in [2.45, 2.75) is 6.92 Å². The van der Waals surface area contributed by atoms with Gasteiger partial charge in [-0.1, -0.05) is 24.3 Å². The Morgan fingerprint density at radius 3 is 2.69 bits per heavy atom. The Hall–Kier alpha value is -2.17. The van der Waals surface area contributed by atoms with E-state index in [-0.39, 0.29) is 5.69 Å². The van der Waals surface area contributed by atoms with Crippen LogP contribution in [0.4, 0.5) is 4.39 Å². The van der Waals surface area contributed by atoms with Crippen molar-refractivity contribution < 1.29 is 14.3 Å². The minimum Gasteiger partial charge on any atom is -0.476 e. The molecule has 0 amide bonds. The first-order chi connectivity index (χ1) is 7.61. The molecule has 5 heteroatoms. The normalized spacial score (nSPS) is 10.4. The minimum absolute atomic E-state index is 0.0375. The van der Waals surface area contributed by atoms with Gasteiger partial charge in [0.1, 0.15) is 5.69 Å². The smallest absolute Gasteiger partial charge is 0.357 e. The zero-order valence-electron chi connectivity index (χ0n) is 8.49. The van der Waals surface area contributed by atoms with Gasteiger partial charge in [0.05, 0.1) is 0 Å². The number of hydrogen-bond acceptors (Lipinski definition) is 2. The van der Waals surface area contributed by atoms with Crippen LogP contribution < -0.4 is 0 Å². The molecule has 0 unspecified atom stereocenters. The number of hydrogen-bond donors (Lipinski definition) is 2. The fourth-order valence-electron chi connectivity index (χ4n) is 1.49. The van der Waals surface area contributed by atoms with Crippen LogP contribution >= 0.6 is 0 Å². The fraction of sp³-hybridized carbons (Fsp3) is 0.0909. The maximum Gasteiger partial charge on any atom is 0.357 e. The highest BCUT2D eigenvalue weighted by Gasteiger charge is 2.20. The minimum atomic E-state index is -1.36. The second-order valence-corrected chi connectivity index (χ2v) is 3.38. The van der Waals surface area contributed by atoms with E-state index in [0.29, 0.717) is 5.56 Å². The molecular weight excluding hydrogens is 211 g/mol. The Morgan fingerprint density at radius 1 is 1.44 bits per heavy atom. The number of carboxylic acids is 1. The molecule has 4 nitrogen and oxygen atoms in total. The SMILES string of the molecule is Cc1ccccc1-c1n[nH]c(C(=O)O)c1F. The Morgan fingerprint density at radius 2 is 2.12 bits per heavy atom. The van der Waals surface area contributed by atoms with E-state index in [0.717, 1.165) is 5.56 Å². The average molecular weight is 220 g/mol. The number of aromatic amines is 1. The molecule has 16 heavy (non-hydrogen) atoms. The molecule has 0 atom stereocenters. The molecular formula is C11H9FN2O2. The number of carboxylic acid groups (broad SMARTS) is 1. The predicted molar refractivity (Wildman–Crippen MR) is 55.7 cm³/mol. The van der Waals surface area contributed by atoms with Crippen molar-refractivity contribution in [2.24, 2.45) is 0 Å². The number of carbonyl (C=O) groups is 1. The van der Waals surface area contributed by atoms with Gasteiger partial charge in [-0.25, -0.2) is 9.18 Å². The summed E-state index contributed by atoms with van der Waals surface area (Å²) >= 11 is 0. The first kappa shape index (κ1) is 10.4. The lowest BCUT2D eigenvalue weighted by Crippen LogP contribution is -1.99. The lowest BCUT2D eigenvalue weighted by atomic mass is 10.1. The third-order valence-corrected chi connectivity index (χ3v) is 2.32. The summed E-state index contributed by atoms with van der Waals surface area (Å²) in [5, 5.41) is 14.5. The summed E-state index contributed by atoms with van der Waals surface area (Å²) in [7, 11) is 0. The van der Waals surface area contributed by atoms with Gasteiger partial charge < -0.3 is 5.11 Å². The van der Waals surface area contributed by atoms with E-state index >= 15 is 0 Å². The van der Waals surface area contributed by atoms with Crippen LogP contribution in [-0.2, 0) is 0 Å². The highest BCUT2D eigenvalue weighted by atomic mass is 19.1. The van der Waals surface area contributed by atoms with E-state index in [1.165, 1.54) is 0 Å². The highest BCUT2D eigenvalue weighted by Crippen LogP contribution is 2.25. The fourth-order valence-corrected chi connectivity index (χ4v) is 1.49. The van der Waals surface area contributed by atoms with Crippen LogP contribution in [-0.4, -0.2) is 21.3 Å². The maximum atomic E-state index is 13.7. The van der Waals surface area contributed by atoms with Gasteiger partial charge in [0, 0.05) is 5.56 Å². The quantitative estimate of drug-likeness (QED) is 0.815. The van der Waals surface area contributed by atoms with Crippen molar-refractivity contribution in [1.29, 1.82) is 0 Å². The molecule has 0 spiro atoms. The molecule has 1 heterocycles. The van der Waals surface area contributed by atoms with E-state index in [9.17, 15) is 9.18 Å². The number of aryl methyl sites for hydroxylation is 1. The Kier molecular flexibility index (Phi) is 2.44. The van der Waals surface area contributed by atoms with E-state index < -0.39 is 17.5 Å². The number of aromatic nitrogens is 2. The van der Waals surface area contributed by atoms with Gasteiger partial charge in [0.15, 0.2) is 11.5 Å². The molecule has 0 aliphatic rings. The van der Waals surface area contributed by atoms with Crippen LogP contribution in [0.1, 0.15) is 16.1 Å². The van der Waals surface area contributed by atoms with Crippen LogP contribution in [0.5, 0.6) is 0 Å². The topological polar surface area (TPSA) is 66.0 Å². The number of nitrogens with zero attached hydrogens (tertiary/aromatic N) is 1. The highest BCUT2D eigenvalue weighted by molar-refractivity contribution is 5.87. The maximum absolute atomic E-state index is 13.7. The monoisotopic (exact) mass is 220 g/mol. The van der Waals surface area contributed by atoms with E-state index in [1.807, 2.05) is 19.1 Å². The predicted octanol–water partition coefficient (Wildman–Crippen LogP) is 2.22. The summed E-state index contributed by atoms with van der Waals surface area (Å²) < 4.78 is 13.7. The van der Waals surface area contributed by atoms with Gasteiger partial charge in [-0.15, -0.1) is 0 Å².